The summed E-state index contributed by atoms with van der Waals surface area (Å²) < 4.78 is 6.56. The number of aromatic nitrogens is 2. The molecule has 1 aliphatic rings. The predicted molar refractivity (Wildman–Crippen MR) is 147 cm³/mol. The lowest BCUT2D eigenvalue weighted by atomic mass is 10.1. The van der Waals surface area contributed by atoms with Gasteiger partial charge >= 0.3 is 11.6 Å². The van der Waals surface area contributed by atoms with Crippen molar-refractivity contribution in [2.45, 2.75) is 44.8 Å². The van der Waals surface area contributed by atoms with E-state index in [1.807, 2.05) is 0 Å². The summed E-state index contributed by atoms with van der Waals surface area (Å²) in [6, 6.07) is 1.33. The van der Waals surface area contributed by atoms with Crippen molar-refractivity contribution in [3.05, 3.63) is 22.7 Å². The number of carbonyl (C=O) groups is 1. The molecular weight excluding hydrogens is 506 g/mol. The van der Waals surface area contributed by atoms with E-state index in [1.165, 1.54) is 12.3 Å². The van der Waals surface area contributed by atoms with Crippen LogP contribution in [0.25, 0.3) is 0 Å². The Morgan fingerprint density at radius 2 is 1.32 bits per heavy atom. The standard InChI is InChI=1S/C32H17N3O5/c1-3-5-6-7-8-9-10-11-12-13-14-15-16-17-18-19-20-21-22-23-28(36)33-27-24-25-35(32(39)34-27)31-30(38)29(37)26(4-2)40-31/h24-26,29-31,37-38H,4H2,1-2H3,(H,33,34,36,39)/t26-,29-,30+,31-/m1/s1. The Balaban J connectivity index is 1.84. The van der Waals surface area contributed by atoms with Crippen LogP contribution in [0.2, 0.25) is 0 Å². The molecule has 1 fully saturated rings. The van der Waals surface area contributed by atoms with Gasteiger partial charge in [0.2, 0.25) is 0 Å². The average Bonchev–Trinajstić information content (AvgIpc) is 3.23. The molecule has 1 aromatic rings. The molecule has 1 aliphatic heterocycles. The topological polar surface area (TPSA) is 114 Å². The highest BCUT2D eigenvalue weighted by atomic mass is 16.6. The SMILES string of the molecule is CC#CC#CC#CC#CC#CC#CC#CC#CC#CC#CC(=O)Nc1ccn([C@@H]2O[C@H](CC)[C@@H](O)[C@@H]2O)c(=O)n1. The molecule has 0 aliphatic carbocycles. The maximum Gasteiger partial charge on any atom is 0.351 e. The zero-order valence-electron chi connectivity index (χ0n) is 21.2. The minimum Gasteiger partial charge on any atom is -0.388 e. The number of hydrogen-bond donors (Lipinski definition) is 3. The van der Waals surface area contributed by atoms with Gasteiger partial charge in [-0.25, -0.2) is 4.79 Å². The third-order valence-corrected chi connectivity index (χ3v) is 4.45. The van der Waals surface area contributed by atoms with Gasteiger partial charge in [-0.05, 0) is 114 Å². The number of aliphatic hydroxyl groups is 2. The highest BCUT2D eigenvalue weighted by Gasteiger charge is 2.43. The van der Waals surface area contributed by atoms with Crippen molar-refractivity contribution in [2.24, 2.45) is 0 Å². The zero-order valence-corrected chi connectivity index (χ0v) is 21.2. The number of rotatable bonds is 3. The number of hydrogen-bond acceptors (Lipinski definition) is 6. The second-order valence-electron chi connectivity index (χ2n) is 7.04. The molecule has 3 N–H and O–H groups in total. The maximum absolute atomic E-state index is 12.3. The summed E-state index contributed by atoms with van der Waals surface area (Å²) in [5.41, 5.74) is -0.786. The van der Waals surface area contributed by atoms with Gasteiger partial charge < -0.3 is 14.9 Å². The zero-order chi connectivity index (χ0) is 29.0. The Bertz CT molecular complexity index is 1860. The van der Waals surface area contributed by atoms with Crippen LogP contribution in [0.5, 0.6) is 0 Å². The van der Waals surface area contributed by atoms with Gasteiger partial charge in [-0.3, -0.25) is 14.7 Å². The molecule has 4 atom stereocenters. The molecule has 0 aromatic carbocycles. The molecule has 0 bridgehead atoms. The quantitative estimate of drug-likeness (QED) is 0.450. The molecule has 0 spiro atoms. The first-order valence-electron chi connectivity index (χ1n) is 11.3. The summed E-state index contributed by atoms with van der Waals surface area (Å²) >= 11 is 0. The van der Waals surface area contributed by atoms with Crippen LogP contribution in [0.15, 0.2) is 17.1 Å². The Hall–Kier alpha value is -6.17. The first kappa shape index (κ1) is 30.1. The lowest BCUT2D eigenvalue weighted by molar-refractivity contribution is -0.111. The normalized spacial score (nSPS) is 16.7. The molecule has 8 nitrogen and oxygen atoms in total. The van der Waals surface area contributed by atoms with E-state index >= 15 is 0 Å². The number of anilines is 1. The maximum atomic E-state index is 12.3. The second-order valence-corrected chi connectivity index (χ2v) is 7.04. The lowest BCUT2D eigenvalue weighted by Crippen LogP contribution is -2.35. The smallest absolute Gasteiger partial charge is 0.351 e. The van der Waals surface area contributed by atoms with Crippen molar-refractivity contribution in [3.8, 4) is 118 Å². The number of nitrogens with zero attached hydrogens (tertiary/aromatic N) is 2. The van der Waals surface area contributed by atoms with Gasteiger partial charge in [-0.15, -0.1) is 0 Å². The van der Waals surface area contributed by atoms with E-state index in [0.29, 0.717) is 6.42 Å². The molecule has 1 aromatic heterocycles. The fourth-order valence-corrected chi connectivity index (χ4v) is 2.77. The third kappa shape index (κ3) is 10.4. The Morgan fingerprint density at radius 3 is 1.75 bits per heavy atom. The molecule has 190 valence electrons. The average molecular weight is 524 g/mol. The number of carbonyl (C=O) groups excluding carboxylic acids is 1. The molecule has 0 unspecified atom stereocenters. The molecular formula is C32H17N3O5. The highest BCUT2D eigenvalue weighted by Crippen LogP contribution is 2.29. The van der Waals surface area contributed by atoms with E-state index in [1.54, 1.807) is 13.8 Å². The van der Waals surface area contributed by atoms with Gasteiger partial charge in [0.25, 0.3) is 0 Å². The van der Waals surface area contributed by atoms with Crippen molar-refractivity contribution >= 4 is 11.7 Å². The summed E-state index contributed by atoms with van der Waals surface area (Å²) in [6.07, 6.45) is -2.37. The Morgan fingerprint density at radius 1 is 0.850 bits per heavy atom. The Labute approximate surface area is 232 Å². The van der Waals surface area contributed by atoms with Crippen LogP contribution < -0.4 is 11.0 Å². The number of amides is 1. The van der Waals surface area contributed by atoms with Crippen LogP contribution in [0.1, 0.15) is 26.5 Å². The second kappa shape index (κ2) is 17.3. The van der Waals surface area contributed by atoms with Crippen molar-refractivity contribution in [2.75, 3.05) is 5.32 Å². The van der Waals surface area contributed by atoms with Gasteiger partial charge in [0.1, 0.15) is 18.0 Å². The molecule has 40 heavy (non-hydrogen) atoms. The van der Waals surface area contributed by atoms with Crippen LogP contribution >= 0.6 is 0 Å². The summed E-state index contributed by atoms with van der Waals surface area (Å²) in [7, 11) is 0. The van der Waals surface area contributed by atoms with Crippen LogP contribution in [0.3, 0.4) is 0 Å². The van der Waals surface area contributed by atoms with E-state index in [9.17, 15) is 19.8 Å². The fraction of sp³-hybridized carbons (Fsp3) is 0.219. The molecule has 2 heterocycles. The predicted octanol–water partition coefficient (Wildman–Crippen LogP) is -0.735. The first-order chi connectivity index (χ1) is 19.5. The monoisotopic (exact) mass is 523 g/mol. The van der Waals surface area contributed by atoms with E-state index in [-0.39, 0.29) is 5.82 Å². The molecule has 1 amide bonds. The van der Waals surface area contributed by atoms with E-state index in [0.717, 1.165) is 4.57 Å². The van der Waals surface area contributed by atoms with Gasteiger partial charge in [-0.1, -0.05) is 12.8 Å². The van der Waals surface area contributed by atoms with E-state index in [2.05, 4.69) is 129 Å². The van der Waals surface area contributed by atoms with E-state index < -0.39 is 36.1 Å². The minimum absolute atomic E-state index is 0.0569. The summed E-state index contributed by atoms with van der Waals surface area (Å²) in [4.78, 5) is 27.9. The van der Waals surface area contributed by atoms with Crippen molar-refractivity contribution in [3.63, 3.8) is 0 Å². The summed E-state index contributed by atoms with van der Waals surface area (Å²) in [5.74, 6) is 48.3. The van der Waals surface area contributed by atoms with Gasteiger partial charge in [0, 0.05) is 24.0 Å². The van der Waals surface area contributed by atoms with Crippen LogP contribution in [-0.4, -0.2) is 44.0 Å². The molecule has 1 saturated heterocycles. The van der Waals surface area contributed by atoms with Crippen LogP contribution in [-0.2, 0) is 9.53 Å². The molecule has 0 saturated carbocycles. The third-order valence-electron chi connectivity index (χ3n) is 4.45. The van der Waals surface area contributed by atoms with Gasteiger partial charge in [0.05, 0.1) is 6.10 Å². The largest absolute Gasteiger partial charge is 0.388 e. The summed E-state index contributed by atoms with van der Waals surface area (Å²) in [5, 5.41) is 22.4. The van der Waals surface area contributed by atoms with Gasteiger partial charge in [0.15, 0.2) is 6.23 Å². The Kier molecular flexibility index (Phi) is 13.0. The number of nitrogens with one attached hydrogen (secondary N) is 1. The highest BCUT2D eigenvalue weighted by molar-refractivity contribution is 6.03. The summed E-state index contributed by atoms with van der Waals surface area (Å²) in [6.45, 7) is 3.46. The lowest BCUT2D eigenvalue weighted by Gasteiger charge is -2.17. The van der Waals surface area contributed by atoms with Crippen molar-refractivity contribution in [1.29, 1.82) is 0 Å². The molecule has 0 radical (unpaired) electrons. The number of ether oxygens (including phenoxy) is 1. The van der Waals surface area contributed by atoms with Gasteiger partial charge in [-0.2, -0.15) is 4.98 Å². The number of aliphatic hydroxyl groups excluding tert-OH is 2. The molecule has 2 rings (SSSR count). The van der Waals surface area contributed by atoms with Crippen molar-refractivity contribution < 1.29 is 19.7 Å². The van der Waals surface area contributed by atoms with Crippen LogP contribution in [0.4, 0.5) is 5.82 Å². The minimum atomic E-state index is -1.29. The fourth-order valence-electron chi connectivity index (χ4n) is 2.77. The van der Waals surface area contributed by atoms with Crippen molar-refractivity contribution in [1.82, 2.24) is 9.55 Å². The van der Waals surface area contributed by atoms with E-state index in [4.69, 9.17) is 4.74 Å². The first-order valence-corrected chi connectivity index (χ1v) is 11.3. The molecule has 8 heteroatoms. The van der Waals surface area contributed by atoms with Crippen LogP contribution in [0, 0.1) is 118 Å².